The van der Waals surface area contributed by atoms with Crippen molar-refractivity contribution in [2.45, 2.75) is 18.7 Å². The number of rotatable bonds is 3. The van der Waals surface area contributed by atoms with Crippen molar-refractivity contribution < 1.29 is 27.8 Å². The van der Waals surface area contributed by atoms with E-state index in [2.05, 4.69) is 0 Å². The number of aliphatic carboxylic acids is 1. The van der Waals surface area contributed by atoms with Crippen molar-refractivity contribution in [1.29, 1.82) is 0 Å². The van der Waals surface area contributed by atoms with Crippen molar-refractivity contribution >= 4 is 15.8 Å². The summed E-state index contributed by atoms with van der Waals surface area (Å²) in [7, 11) is -3.22. The first kappa shape index (κ1) is 11.4. The number of carboxylic acid groups (broad SMARTS) is 1. The van der Waals surface area contributed by atoms with Crippen LogP contribution in [0.4, 0.5) is 4.39 Å². The summed E-state index contributed by atoms with van der Waals surface area (Å²) < 4.78 is 34.7. The van der Waals surface area contributed by atoms with Gasteiger partial charge in [0, 0.05) is 5.92 Å². The third kappa shape index (κ3) is 2.42. The normalized spacial score (nSPS) is 29.7. The Balaban J connectivity index is 2.64. The molecule has 14 heavy (non-hydrogen) atoms. The van der Waals surface area contributed by atoms with Gasteiger partial charge < -0.3 is 10.2 Å². The smallest absolute Gasteiger partial charge is 0.341 e. The first-order valence-electron chi connectivity index (χ1n) is 4.09. The molecule has 0 saturated carbocycles. The molecule has 1 aliphatic rings. The van der Waals surface area contributed by atoms with E-state index in [0.29, 0.717) is 0 Å². The van der Waals surface area contributed by atoms with Crippen LogP contribution >= 0.6 is 0 Å². The van der Waals surface area contributed by atoms with E-state index >= 15 is 0 Å². The Kier molecular flexibility index (Phi) is 3.10. The van der Waals surface area contributed by atoms with Gasteiger partial charge in [-0.3, -0.25) is 0 Å². The molecule has 5 nitrogen and oxygen atoms in total. The Morgan fingerprint density at radius 1 is 1.50 bits per heavy atom. The van der Waals surface area contributed by atoms with Crippen LogP contribution in [0.25, 0.3) is 0 Å². The van der Waals surface area contributed by atoms with Gasteiger partial charge in [-0.1, -0.05) is 0 Å². The molecule has 0 aromatic rings. The van der Waals surface area contributed by atoms with Crippen molar-refractivity contribution in [3.8, 4) is 0 Å². The quantitative estimate of drug-likeness (QED) is 0.657. The van der Waals surface area contributed by atoms with Crippen molar-refractivity contribution in [3.05, 3.63) is 0 Å². The van der Waals surface area contributed by atoms with Gasteiger partial charge in [0.1, 0.15) is 0 Å². The standard InChI is InChI=1S/C7H11FO5S/c8-5(7(10)11)6(9)4-1-2-14(12,13)3-4/h4-6,9H,1-3H2,(H,10,11). The summed E-state index contributed by atoms with van der Waals surface area (Å²) in [6.45, 7) is 0. The fourth-order valence-electron chi connectivity index (χ4n) is 1.48. The Bertz CT molecular complexity index is 325. The second kappa shape index (κ2) is 3.82. The van der Waals surface area contributed by atoms with Crippen LogP contribution in [0.2, 0.25) is 0 Å². The molecule has 0 aliphatic carbocycles. The highest BCUT2D eigenvalue weighted by Gasteiger charge is 2.39. The van der Waals surface area contributed by atoms with E-state index in [1.807, 2.05) is 0 Å². The van der Waals surface area contributed by atoms with Crippen LogP contribution in [0.5, 0.6) is 0 Å². The molecule has 3 unspecified atom stereocenters. The van der Waals surface area contributed by atoms with Crippen LogP contribution in [0.1, 0.15) is 6.42 Å². The molecule has 2 N–H and O–H groups in total. The van der Waals surface area contributed by atoms with Gasteiger partial charge >= 0.3 is 5.97 Å². The van der Waals surface area contributed by atoms with Crippen molar-refractivity contribution in [2.75, 3.05) is 11.5 Å². The molecule has 0 amide bonds. The van der Waals surface area contributed by atoms with Gasteiger partial charge in [0.2, 0.25) is 6.17 Å². The Hall–Kier alpha value is -0.690. The average Bonchev–Trinajstić information content (AvgIpc) is 2.43. The molecule has 0 aromatic carbocycles. The number of hydrogen-bond acceptors (Lipinski definition) is 4. The second-order valence-corrected chi connectivity index (χ2v) is 5.62. The Morgan fingerprint density at radius 2 is 2.07 bits per heavy atom. The average molecular weight is 226 g/mol. The molecule has 1 heterocycles. The minimum Gasteiger partial charge on any atom is -0.479 e. The van der Waals surface area contributed by atoms with E-state index in [4.69, 9.17) is 5.11 Å². The zero-order valence-electron chi connectivity index (χ0n) is 7.26. The summed E-state index contributed by atoms with van der Waals surface area (Å²) in [4.78, 5) is 10.2. The van der Waals surface area contributed by atoms with Crippen molar-refractivity contribution in [2.24, 2.45) is 5.92 Å². The maximum absolute atomic E-state index is 12.8. The number of alkyl halides is 1. The zero-order chi connectivity index (χ0) is 10.9. The van der Waals surface area contributed by atoms with Crippen LogP contribution in [-0.4, -0.2) is 48.4 Å². The lowest BCUT2D eigenvalue weighted by Crippen LogP contribution is -2.36. The highest BCUT2D eigenvalue weighted by molar-refractivity contribution is 7.91. The number of halogens is 1. The van der Waals surface area contributed by atoms with E-state index in [1.54, 1.807) is 0 Å². The Labute approximate surface area is 80.5 Å². The van der Waals surface area contributed by atoms with E-state index in [-0.39, 0.29) is 17.9 Å². The van der Waals surface area contributed by atoms with Gasteiger partial charge in [0.15, 0.2) is 9.84 Å². The monoisotopic (exact) mass is 226 g/mol. The number of carboxylic acids is 1. The first-order chi connectivity index (χ1) is 6.33. The van der Waals surface area contributed by atoms with Gasteiger partial charge in [0.05, 0.1) is 17.6 Å². The van der Waals surface area contributed by atoms with E-state index in [1.165, 1.54) is 0 Å². The van der Waals surface area contributed by atoms with Gasteiger partial charge in [0.25, 0.3) is 0 Å². The maximum Gasteiger partial charge on any atom is 0.341 e. The molecule has 1 rings (SSSR count). The van der Waals surface area contributed by atoms with Crippen molar-refractivity contribution in [3.63, 3.8) is 0 Å². The third-order valence-corrected chi connectivity index (χ3v) is 4.08. The predicted octanol–water partition coefficient (Wildman–Crippen LogP) is -0.795. The SMILES string of the molecule is O=C(O)C(F)C(O)C1CCS(=O)(=O)C1. The summed E-state index contributed by atoms with van der Waals surface area (Å²) >= 11 is 0. The fourth-order valence-corrected chi connectivity index (χ4v) is 3.32. The summed E-state index contributed by atoms with van der Waals surface area (Å²) in [6.07, 6.45) is -4.02. The molecule has 82 valence electrons. The minimum atomic E-state index is -3.22. The van der Waals surface area contributed by atoms with Gasteiger partial charge in [-0.25, -0.2) is 17.6 Å². The molecule has 0 spiro atoms. The predicted molar refractivity (Wildman–Crippen MR) is 45.3 cm³/mol. The summed E-state index contributed by atoms with van der Waals surface area (Å²) in [5, 5.41) is 17.5. The number of hydrogen-bond donors (Lipinski definition) is 2. The van der Waals surface area contributed by atoms with E-state index in [0.717, 1.165) is 0 Å². The maximum atomic E-state index is 12.8. The fraction of sp³-hybridized carbons (Fsp3) is 0.857. The van der Waals surface area contributed by atoms with Crippen LogP contribution in [-0.2, 0) is 14.6 Å². The lowest BCUT2D eigenvalue weighted by molar-refractivity contribution is -0.148. The summed E-state index contributed by atoms with van der Waals surface area (Å²) in [5.41, 5.74) is 0. The van der Waals surface area contributed by atoms with Crippen LogP contribution < -0.4 is 0 Å². The first-order valence-corrected chi connectivity index (χ1v) is 5.91. The molecule has 1 aliphatic heterocycles. The topological polar surface area (TPSA) is 91.7 Å². The molecule has 0 aromatic heterocycles. The van der Waals surface area contributed by atoms with E-state index in [9.17, 15) is 22.7 Å². The zero-order valence-corrected chi connectivity index (χ0v) is 8.08. The minimum absolute atomic E-state index is 0.110. The molecule has 0 radical (unpaired) electrons. The highest BCUT2D eigenvalue weighted by Crippen LogP contribution is 2.24. The van der Waals surface area contributed by atoms with E-state index < -0.39 is 34.0 Å². The lowest BCUT2D eigenvalue weighted by atomic mass is 9.98. The molecular weight excluding hydrogens is 215 g/mol. The molecule has 3 atom stereocenters. The second-order valence-electron chi connectivity index (χ2n) is 3.39. The number of sulfone groups is 1. The summed E-state index contributed by atoms with van der Waals surface area (Å²) in [5.74, 6) is -3.00. The van der Waals surface area contributed by atoms with Gasteiger partial charge in [-0.2, -0.15) is 0 Å². The molecule has 0 bridgehead atoms. The van der Waals surface area contributed by atoms with Crippen LogP contribution in [0, 0.1) is 5.92 Å². The van der Waals surface area contributed by atoms with Gasteiger partial charge in [-0.15, -0.1) is 0 Å². The molecule has 7 heteroatoms. The summed E-state index contributed by atoms with van der Waals surface area (Å²) in [6, 6.07) is 0. The van der Waals surface area contributed by atoms with Crippen molar-refractivity contribution in [1.82, 2.24) is 0 Å². The Morgan fingerprint density at radius 3 is 2.43 bits per heavy atom. The lowest BCUT2D eigenvalue weighted by Gasteiger charge is -2.17. The third-order valence-electron chi connectivity index (χ3n) is 2.29. The number of aliphatic hydroxyl groups excluding tert-OH is 1. The molecular formula is C7H11FO5S. The molecule has 1 fully saturated rings. The van der Waals surface area contributed by atoms with Crippen LogP contribution in [0.15, 0.2) is 0 Å². The molecule has 1 saturated heterocycles. The highest BCUT2D eigenvalue weighted by atomic mass is 32.2. The van der Waals surface area contributed by atoms with Crippen LogP contribution in [0.3, 0.4) is 0 Å². The number of carbonyl (C=O) groups is 1. The van der Waals surface area contributed by atoms with Gasteiger partial charge in [-0.05, 0) is 6.42 Å². The number of aliphatic hydroxyl groups is 1. The largest absolute Gasteiger partial charge is 0.479 e.